The van der Waals surface area contributed by atoms with Crippen molar-refractivity contribution in [3.05, 3.63) is 22.2 Å². The Hall–Kier alpha value is -0.780. The number of ether oxygens (including phenoxy) is 2. The van der Waals surface area contributed by atoms with Gasteiger partial charge in [-0.1, -0.05) is 22.9 Å². The lowest BCUT2D eigenvalue weighted by Crippen LogP contribution is -2.22. The zero-order valence-corrected chi connectivity index (χ0v) is 11.3. The van der Waals surface area contributed by atoms with Crippen LogP contribution in [0.4, 0.5) is 0 Å². The molecular formula is C12H16BrNO3. The molecule has 0 aliphatic carbocycles. The quantitative estimate of drug-likeness (QED) is 0.872. The molecule has 0 bridgehead atoms. The second-order valence-electron chi connectivity index (χ2n) is 4.22. The molecular weight excluding hydrogens is 286 g/mol. The minimum atomic E-state index is 0.204. The lowest BCUT2D eigenvalue weighted by atomic mass is 10.1. The molecule has 1 aliphatic heterocycles. The van der Waals surface area contributed by atoms with E-state index in [2.05, 4.69) is 21.2 Å². The molecule has 1 aromatic carbocycles. The van der Waals surface area contributed by atoms with Gasteiger partial charge in [0.15, 0.2) is 11.5 Å². The lowest BCUT2D eigenvalue weighted by Gasteiger charge is -2.11. The van der Waals surface area contributed by atoms with Crippen molar-refractivity contribution in [2.45, 2.75) is 13.5 Å². The van der Waals surface area contributed by atoms with Crippen molar-refractivity contribution in [2.75, 3.05) is 19.9 Å². The third-order valence-corrected chi connectivity index (χ3v) is 3.40. The maximum atomic E-state index is 8.93. The van der Waals surface area contributed by atoms with Gasteiger partial charge in [0.2, 0.25) is 6.79 Å². The van der Waals surface area contributed by atoms with Crippen molar-refractivity contribution in [3.8, 4) is 11.5 Å². The number of halogens is 1. The van der Waals surface area contributed by atoms with Crippen molar-refractivity contribution >= 4 is 15.9 Å². The molecule has 0 saturated carbocycles. The second kappa shape index (κ2) is 5.71. The van der Waals surface area contributed by atoms with Gasteiger partial charge in [0.1, 0.15) is 0 Å². The Kier molecular flexibility index (Phi) is 4.25. The van der Waals surface area contributed by atoms with Crippen LogP contribution in [0.3, 0.4) is 0 Å². The molecule has 1 aromatic rings. The summed E-state index contributed by atoms with van der Waals surface area (Å²) in [5.41, 5.74) is 1.12. The number of fused-ring (bicyclic) bond motifs is 1. The van der Waals surface area contributed by atoms with Crippen LogP contribution in [0.15, 0.2) is 16.6 Å². The summed E-state index contributed by atoms with van der Waals surface area (Å²) < 4.78 is 11.6. The van der Waals surface area contributed by atoms with Gasteiger partial charge in [-0.25, -0.2) is 0 Å². The molecule has 0 amide bonds. The number of rotatable bonds is 5. The first-order valence-corrected chi connectivity index (χ1v) is 6.39. The number of benzene rings is 1. The number of nitrogens with one attached hydrogen (secondary N) is 1. The van der Waals surface area contributed by atoms with Gasteiger partial charge in [0, 0.05) is 24.2 Å². The van der Waals surface area contributed by atoms with Gasteiger partial charge in [-0.05, 0) is 23.6 Å². The van der Waals surface area contributed by atoms with E-state index in [9.17, 15) is 0 Å². The fraction of sp³-hybridized carbons (Fsp3) is 0.500. The first kappa shape index (κ1) is 12.7. The standard InChI is InChI=1S/C12H16BrNO3/c1-8(6-15)4-14-5-9-2-11-12(3-10(9)13)17-7-16-11/h2-3,8,14-15H,4-7H2,1H3. The molecule has 2 N–H and O–H groups in total. The van der Waals surface area contributed by atoms with E-state index in [0.29, 0.717) is 6.79 Å². The van der Waals surface area contributed by atoms with Gasteiger partial charge in [-0.2, -0.15) is 0 Å². The Morgan fingerprint density at radius 2 is 2.12 bits per heavy atom. The molecule has 1 heterocycles. The summed E-state index contributed by atoms with van der Waals surface area (Å²) in [6.45, 7) is 4.02. The average Bonchev–Trinajstić information content (AvgIpc) is 2.76. The van der Waals surface area contributed by atoms with Crippen molar-refractivity contribution in [2.24, 2.45) is 5.92 Å². The van der Waals surface area contributed by atoms with E-state index >= 15 is 0 Å². The molecule has 0 radical (unpaired) electrons. The Morgan fingerprint density at radius 3 is 2.82 bits per heavy atom. The Balaban J connectivity index is 1.97. The summed E-state index contributed by atoms with van der Waals surface area (Å²) in [5, 5.41) is 12.2. The molecule has 5 heteroatoms. The monoisotopic (exact) mass is 301 g/mol. The third-order valence-electron chi connectivity index (χ3n) is 2.66. The summed E-state index contributed by atoms with van der Waals surface area (Å²) in [6.07, 6.45) is 0. The number of aliphatic hydroxyl groups excluding tert-OH is 1. The van der Waals surface area contributed by atoms with E-state index in [1.165, 1.54) is 0 Å². The zero-order chi connectivity index (χ0) is 12.3. The fourth-order valence-corrected chi connectivity index (χ4v) is 2.08. The molecule has 0 spiro atoms. The Bertz CT molecular complexity index is 398. The van der Waals surface area contributed by atoms with Crippen LogP contribution in [0.2, 0.25) is 0 Å². The van der Waals surface area contributed by atoms with E-state index in [1.807, 2.05) is 19.1 Å². The minimum Gasteiger partial charge on any atom is -0.454 e. The van der Waals surface area contributed by atoms with Crippen molar-refractivity contribution in [3.63, 3.8) is 0 Å². The van der Waals surface area contributed by atoms with Gasteiger partial charge in [0.05, 0.1) is 0 Å². The number of hydrogen-bond acceptors (Lipinski definition) is 4. The molecule has 1 aliphatic rings. The predicted octanol–water partition coefficient (Wildman–Crippen LogP) is 1.90. The van der Waals surface area contributed by atoms with E-state index in [0.717, 1.165) is 34.6 Å². The van der Waals surface area contributed by atoms with E-state index in [4.69, 9.17) is 14.6 Å². The van der Waals surface area contributed by atoms with Crippen LogP contribution in [0, 0.1) is 5.92 Å². The predicted molar refractivity (Wildman–Crippen MR) is 68.2 cm³/mol. The highest BCUT2D eigenvalue weighted by Crippen LogP contribution is 2.36. The average molecular weight is 302 g/mol. The van der Waals surface area contributed by atoms with Crippen LogP contribution in [0.25, 0.3) is 0 Å². The third kappa shape index (κ3) is 3.12. The smallest absolute Gasteiger partial charge is 0.231 e. The summed E-state index contributed by atoms with van der Waals surface area (Å²) >= 11 is 3.51. The SMILES string of the molecule is CC(CO)CNCc1cc2c(cc1Br)OCO2. The van der Waals surface area contributed by atoms with Gasteiger partial charge in [0.25, 0.3) is 0 Å². The molecule has 94 valence electrons. The number of aliphatic hydroxyl groups is 1. The maximum absolute atomic E-state index is 8.93. The van der Waals surface area contributed by atoms with Crippen LogP contribution >= 0.6 is 15.9 Å². The van der Waals surface area contributed by atoms with Crippen molar-refractivity contribution < 1.29 is 14.6 Å². The molecule has 2 rings (SSSR count). The first-order chi connectivity index (χ1) is 8.20. The number of hydrogen-bond donors (Lipinski definition) is 2. The molecule has 0 saturated heterocycles. The van der Waals surface area contributed by atoms with Crippen LogP contribution < -0.4 is 14.8 Å². The van der Waals surface area contributed by atoms with E-state index in [1.54, 1.807) is 0 Å². The van der Waals surface area contributed by atoms with Crippen LogP contribution in [-0.2, 0) is 6.54 Å². The summed E-state index contributed by atoms with van der Waals surface area (Å²) in [5.74, 6) is 1.84. The van der Waals surface area contributed by atoms with Gasteiger partial charge in [-0.3, -0.25) is 0 Å². The first-order valence-electron chi connectivity index (χ1n) is 5.60. The highest BCUT2D eigenvalue weighted by atomic mass is 79.9. The van der Waals surface area contributed by atoms with E-state index < -0.39 is 0 Å². The van der Waals surface area contributed by atoms with Crippen molar-refractivity contribution in [1.29, 1.82) is 0 Å². The largest absolute Gasteiger partial charge is 0.454 e. The fourth-order valence-electron chi connectivity index (χ4n) is 1.61. The Morgan fingerprint density at radius 1 is 1.41 bits per heavy atom. The topological polar surface area (TPSA) is 50.7 Å². The van der Waals surface area contributed by atoms with Gasteiger partial charge < -0.3 is 19.9 Å². The summed E-state index contributed by atoms with van der Waals surface area (Å²) in [7, 11) is 0. The molecule has 17 heavy (non-hydrogen) atoms. The van der Waals surface area contributed by atoms with Crippen LogP contribution in [0.5, 0.6) is 11.5 Å². The second-order valence-corrected chi connectivity index (χ2v) is 5.07. The van der Waals surface area contributed by atoms with Crippen molar-refractivity contribution in [1.82, 2.24) is 5.32 Å². The van der Waals surface area contributed by atoms with Crippen LogP contribution in [0.1, 0.15) is 12.5 Å². The molecule has 1 unspecified atom stereocenters. The normalized spacial score (nSPS) is 15.0. The van der Waals surface area contributed by atoms with E-state index in [-0.39, 0.29) is 12.5 Å². The Labute approximate surface area is 109 Å². The minimum absolute atomic E-state index is 0.204. The molecule has 1 atom stereocenters. The van der Waals surface area contributed by atoms with Gasteiger partial charge in [-0.15, -0.1) is 0 Å². The summed E-state index contributed by atoms with van der Waals surface area (Å²) in [4.78, 5) is 0. The van der Waals surface area contributed by atoms with Crippen LogP contribution in [-0.4, -0.2) is 25.1 Å². The highest BCUT2D eigenvalue weighted by molar-refractivity contribution is 9.10. The molecule has 0 fully saturated rings. The van der Waals surface area contributed by atoms with Gasteiger partial charge >= 0.3 is 0 Å². The zero-order valence-electron chi connectivity index (χ0n) is 9.70. The lowest BCUT2D eigenvalue weighted by molar-refractivity contribution is 0.174. The maximum Gasteiger partial charge on any atom is 0.231 e. The highest BCUT2D eigenvalue weighted by Gasteiger charge is 2.16. The summed E-state index contributed by atoms with van der Waals surface area (Å²) in [6, 6.07) is 3.90. The molecule has 4 nitrogen and oxygen atoms in total. The molecule has 0 aromatic heterocycles.